The number of ether oxygens (including phenoxy) is 3. The first kappa shape index (κ1) is 72.6. The largest absolute Gasteiger partial charge is 0.462 e. The number of unbranched alkanes of at least 4 members (excludes halogenated alkanes) is 34. The van der Waals surface area contributed by atoms with E-state index in [4.69, 9.17) is 14.2 Å². The second-order valence-corrected chi connectivity index (χ2v) is 21.6. The summed E-state index contributed by atoms with van der Waals surface area (Å²) >= 11 is 0. The van der Waals surface area contributed by atoms with Gasteiger partial charge in [-0.15, -0.1) is 0 Å². The quantitative estimate of drug-likeness (QED) is 0.0261. The highest BCUT2D eigenvalue weighted by molar-refractivity contribution is 5.71. The van der Waals surface area contributed by atoms with Gasteiger partial charge in [0.1, 0.15) is 13.2 Å². The van der Waals surface area contributed by atoms with Crippen LogP contribution in [-0.4, -0.2) is 37.2 Å². The average molecular weight is 1060 g/mol. The molecule has 0 rings (SSSR count). The molecule has 76 heavy (non-hydrogen) atoms. The number of esters is 3. The number of carbonyl (C=O) groups is 3. The summed E-state index contributed by atoms with van der Waals surface area (Å²) in [6, 6.07) is 0. The maximum atomic E-state index is 12.9. The number of allylic oxidation sites excluding steroid dienone is 14. The minimum Gasteiger partial charge on any atom is -0.462 e. The van der Waals surface area contributed by atoms with E-state index >= 15 is 0 Å². The molecule has 438 valence electrons. The molecule has 0 N–H and O–H groups in total. The lowest BCUT2D eigenvalue weighted by atomic mass is 10.0. The fraction of sp³-hybridized carbons (Fsp3) is 0.757. The second kappa shape index (κ2) is 64.1. The number of hydrogen-bond donors (Lipinski definition) is 0. The molecule has 0 radical (unpaired) electrons. The molecule has 0 aromatic rings. The van der Waals surface area contributed by atoms with Gasteiger partial charge in [-0.1, -0.05) is 292 Å². The Morgan fingerprint density at radius 2 is 0.513 bits per heavy atom. The van der Waals surface area contributed by atoms with Crippen LogP contribution in [0.15, 0.2) is 85.1 Å². The lowest BCUT2D eigenvalue weighted by Gasteiger charge is -2.18. The SMILES string of the molecule is CC/C=C\C/C=C\C/C=C\C/C=C\C/C=C\C/C=C\CCCCCCCCC(=O)OCC(COC(=O)CCCCCCCCCCCC)OC(=O)CCCCCCCCCCCCC/C=C\CCCCCCCCCC. The number of carbonyl (C=O) groups excluding carboxylic acids is 3. The summed E-state index contributed by atoms with van der Waals surface area (Å²) in [5, 5.41) is 0. The van der Waals surface area contributed by atoms with Crippen LogP contribution in [0.1, 0.15) is 323 Å². The van der Waals surface area contributed by atoms with Crippen LogP contribution >= 0.6 is 0 Å². The maximum absolute atomic E-state index is 12.9. The predicted octanol–water partition coefficient (Wildman–Crippen LogP) is 22.3. The van der Waals surface area contributed by atoms with Crippen LogP contribution in [-0.2, 0) is 28.6 Å². The Hall–Kier alpha value is -3.41. The van der Waals surface area contributed by atoms with E-state index in [1.165, 1.54) is 173 Å². The van der Waals surface area contributed by atoms with Crippen LogP contribution in [0.5, 0.6) is 0 Å². The van der Waals surface area contributed by atoms with E-state index in [-0.39, 0.29) is 31.1 Å². The van der Waals surface area contributed by atoms with Crippen molar-refractivity contribution >= 4 is 17.9 Å². The van der Waals surface area contributed by atoms with Gasteiger partial charge in [0.25, 0.3) is 0 Å². The van der Waals surface area contributed by atoms with Crippen LogP contribution < -0.4 is 0 Å². The van der Waals surface area contributed by atoms with E-state index in [1.807, 2.05) is 0 Å². The second-order valence-electron chi connectivity index (χ2n) is 21.6. The minimum atomic E-state index is -0.782. The average Bonchev–Trinajstić information content (AvgIpc) is 3.42. The minimum absolute atomic E-state index is 0.0787. The standard InChI is InChI=1S/C70H122O6/c1-4-7-10-13-16-19-22-24-26-28-30-32-34-35-37-38-40-42-44-46-48-51-54-57-60-63-69(72)75-66-67(65-74-68(71)62-59-56-53-50-21-18-15-12-9-6-3)76-70(73)64-61-58-55-52-49-47-45-43-41-39-36-33-31-29-27-25-23-20-17-14-11-8-5-2/h7,10,16,19,24,26,29-32,35,37,40,42,67H,4-6,8-9,11-15,17-18,20-23,25,27-28,33-34,36,38-39,41,43-66H2,1-3H3/b10-7-,19-16-,26-24-,31-29-,32-30-,37-35-,42-40-. The molecule has 1 unspecified atom stereocenters. The molecule has 0 bridgehead atoms. The smallest absolute Gasteiger partial charge is 0.306 e. The summed E-state index contributed by atoms with van der Waals surface area (Å²) in [6.45, 7) is 6.53. The molecule has 0 amide bonds. The van der Waals surface area contributed by atoms with E-state index in [1.54, 1.807) is 0 Å². The van der Waals surface area contributed by atoms with E-state index in [9.17, 15) is 14.4 Å². The molecule has 0 aromatic carbocycles. The van der Waals surface area contributed by atoms with Crippen molar-refractivity contribution in [1.82, 2.24) is 0 Å². The van der Waals surface area contributed by atoms with Crippen LogP contribution in [0.3, 0.4) is 0 Å². The zero-order valence-electron chi connectivity index (χ0n) is 50.3. The zero-order chi connectivity index (χ0) is 55.0. The van der Waals surface area contributed by atoms with Gasteiger partial charge in [-0.05, 0) is 96.3 Å². The van der Waals surface area contributed by atoms with Gasteiger partial charge in [-0.2, -0.15) is 0 Å². The molecule has 0 fully saturated rings. The van der Waals surface area contributed by atoms with Crippen molar-refractivity contribution in [1.29, 1.82) is 0 Å². The molecule has 6 nitrogen and oxygen atoms in total. The van der Waals surface area contributed by atoms with Gasteiger partial charge in [0.15, 0.2) is 6.10 Å². The highest BCUT2D eigenvalue weighted by atomic mass is 16.6. The first-order chi connectivity index (χ1) is 37.5. The highest BCUT2D eigenvalue weighted by Gasteiger charge is 2.19. The normalized spacial score (nSPS) is 12.6. The van der Waals surface area contributed by atoms with E-state index in [0.29, 0.717) is 19.3 Å². The van der Waals surface area contributed by atoms with Crippen LogP contribution in [0.4, 0.5) is 0 Å². The van der Waals surface area contributed by atoms with E-state index < -0.39 is 6.10 Å². The Bertz CT molecular complexity index is 1450. The topological polar surface area (TPSA) is 78.9 Å². The van der Waals surface area contributed by atoms with Crippen molar-refractivity contribution < 1.29 is 28.6 Å². The fourth-order valence-corrected chi connectivity index (χ4v) is 9.27. The van der Waals surface area contributed by atoms with Crippen LogP contribution in [0.2, 0.25) is 0 Å². The molecule has 0 aromatic heterocycles. The monoisotopic (exact) mass is 1060 g/mol. The molecule has 0 saturated carbocycles. The predicted molar refractivity (Wildman–Crippen MR) is 330 cm³/mol. The first-order valence-electron chi connectivity index (χ1n) is 32.6. The highest BCUT2D eigenvalue weighted by Crippen LogP contribution is 2.16. The van der Waals surface area contributed by atoms with Crippen molar-refractivity contribution in [3.63, 3.8) is 0 Å². The van der Waals surface area contributed by atoms with Crippen LogP contribution in [0, 0.1) is 0 Å². The van der Waals surface area contributed by atoms with Gasteiger partial charge < -0.3 is 14.2 Å². The van der Waals surface area contributed by atoms with Crippen molar-refractivity contribution in [2.75, 3.05) is 13.2 Å². The van der Waals surface area contributed by atoms with E-state index in [2.05, 4.69) is 106 Å². The zero-order valence-corrected chi connectivity index (χ0v) is 50.3. The Morgan fingerprint density at radius 3 is 0.816 bits per heavy atom. The molecule has 0 aliphatic carbocycles. The molecule has 0 heterocycles. The summed E-state index contributed by atoms with van der Waals surface area (Å²) < 4.78 is 16.9. The number of rotatable bonds is 59. The fourth-order valence-electron chi connectivity index (χ4n) is 9.27. The third kappa shape index (κ3) is 61.4. The van der Waals surface area contributed by atoms with Crippen molar-refractivity contribution in [2.45, 2.75) is 329 Å². The Balaban J connectivity index is 4.28. The Morgan fingerprint density at radius 1 is 0.276 bits per heavy atom. The molecule has 6 heteroatoms. The molecular weight excluding hydrogens is 937 g/mol. The van der Waals surface area contributed by atoms with Crippen molar-refractivity contribution in [3.8, 4) is 0 Å². The Kier molecular flexibility index (Phi) is 61.2. The van der Waals surface area contributed by atoms with Gasteiger partial charge in [0.2, 0.25) is 0 Å². The summed E-state index contributed by atoms with van der Waals surface area (Å²) in [6.07, 6.45) is 84.5. The first-order valence-corrected chi connectivity index (χ1v) is 32.6. The van der Waals surface area contributed by atoms with Gasteiger partial charge in [-0.25, -0.2) is 0 Å². The summed E-state index contributed by atoms with van der Waals surface area (Å²) in [5.41, 5.74) is 0. The number of hydrogen-bond acceptors (Lipinski definition) is 6. The van der Waals surface area contributed by atoms with Gasteiger partial charge >= 0.3 is 17.9 Å². The summed E-state index contributed by atoms with van der Waals surface area (Å²) in [4.78, 5) is 38.2. The van der Waals surface area contributed by atoms with Gasteiger partial charge in [0.05, 0.1) is 0 Å². The Labute approximate surface area is 471 Å². The molecule has 0 spiro atoms. The van der Waals surface area contributed by atoms with E-state index in [0.717, 1.165) is 109 Å². The van der Waals surface area contributed by atoms with Crippen molar-refractivity contribution in [3.05, 3.63) is 85.1 Å². The van der Waals surface area contributed by atoms with Crippen LogP contribution in [0.25, 0.3) is 0 Å². The summed E-state index contributed by atoms with van der Waals surface area (Å²) in [5.74, 6) is -0.884. The lowest BCUT2D eigenvalue weighted by molar-refractivity contribution is -0.167. The third-order valence-electron chi connectivity index (χ3n) is 14.1. The molecule has 0 aliphatic rings. The summed E-state index contributed by atoms with van der Waals surface area (Å²) in [7, 11) is 0. The molecular formula is C70H122O6. The molecule has 0 saturated heterocycles. The van der Waals surface area contributed by atoms with Crippen molar-refractivity contribution in [2.24, 2.45) is 0 Å². The lowest BCUT2D eigenvalue weighted by Crippen LogP contribution is -2.30. The van der Waals surface area contributed by atoms with Gasteiger partial charge in [-0.3, -0.25) is 14.4 Å². The third-order valence-corrected chi connectivity index (χ3v) is 14.1. The molecule has 0 aliphatic heterocycles. The van der Waals surface area contributed by atoms with Gasteiger partial charge in [0, 0.05) is 19.3 Å². The maximum Gasteiger partial charge on any atom is 0.306 e. The molecule has 1 atom stereocenters.